The lowest BCUT2D eigenvalue weighted by atomic mass is 9.91. The number of allylic oxidation sites excluding steroid dienone is 4. The van der Waals surface area contributed by atoms with E-state index in [1.54, 1.807) is 0 Å². The fraction of sp³-hybridized carbons (Fsp3) is 0.400. The van der Waals surface area contributed by atoms with Gasteiger partial charge >= 0.3 is 0 Å². The molecule has 0 unspecified atom stereocenters. The third kappa shape index (κ3) is 1.70. The van der Waals surface area contributed by atoms with Gasteiger partial charge in [0.25, 0.3) is 0 Å². The van der Waals surface area contributed by atoms with Crippen molar-refractivity contribution in [3.05, 3.63) is 23.8 Å². The molecule has 2 heteroatoms. The summed E-state index contributed by atoms with van der Waals surface area (Å²) in [4.78, 5) is 22.2. The van der Waals surface area contributed by atoms with Crippen LogP contribution in [0.1, 0.15) is 20.3 Å². The Kier molecular flexibility index (Phi) is 2.58. The molecule has 0 aliphatic heterocycles. The Morgan fingerprint density at radius 1 is 1.33 bits per heavy atom. The van der Waals surface area contributed by atoms with Crippen molar-refractivity contribution < 1.29 is 9.59 Å². The molecule has 1 aliphatic rings. The molecule has 1 aliphatic carbocycles. The molecular weight excluding hydrogens is 152 g/mol. The van der Waals surface area contributed by atoms with Gasteiger partial charge in [-0.15, -0.1) is 0 Å². The molecule has 0 bridgehead atoms. The third-order valence-electron chi connectivity index (χ3n) is 1.98. The van der Waals surface area contributed by atoms with Crippen LogP contribution in [0.25, 0.3) is 0 Å². The summed E-state index contributed by atoms with van der Waals surface area (Å²) in [6.07, 6.45) is 6.43. The molecule has 2 nitrogen and oxygen atoms in total. The predicted molar refractivity (Wildman–Crippen MR) is 46.7 cm³/mol. The van der Waals surface area contributed by atoms with Gasteiger partial charge in [-0.3, -0.25) is 9.59 Å². The van der Waals surface area contributed by atoms with E-state index in [1.807, 2.05) is 18.2 Å². The smallest absolute Gasteiger partial charge is 0.144 e. The highest BCUT2D eigenvalue weighted by Crippen LogP contribution is 2.21. The minimum absolute atomic E-state index is 0.0579. The molecule has 0 heterocycles. The molecule has 0 spiro atoms. The van der Waals surface area contributed by atoms with Crippen LogP contribution in [0.3, 0.4) is 0 Å². The number of carbonyl (C=O) groups excluding carboxylic acids is 2. The summed E-state index contributed by atoms with van der Waals surface area (Å²) in [6, 6.07) is 0. The first-order valence-electron chi connectivity index (χ1n) is 3.99. The lowest BCUT2D eigenvalue weighted by Gasteiger charge is -2.10. The number of rotatable bonds is 3. The normalized spacial score (nSPS) is 15.1. The fourth-order valence-corrected chi connectivity index (χ4v) is 1.49. The second-order valence-electron chi connectivity index (χ2n) is 3.03. The van der Waals surface area contributed by atoms with Crippen LogP contribution in [-0.2, 0) is 9.59 Å². The summed E-state index contributed by atoms with van der Waals surface area (Å²) in [5.74, 6) is -0.616. The van der Waals surface area contributed by atoms with Crippen molar-refractivity contribution in [3.8, 4) is 0 Å². The van der Waals surface area contributed by atoms with E-state index in [0.29, 0.717) is 0 Å². The summed E-state index contributed by atoms with van der Waals surface area (Å²) in [7, 11) is 0. The minimum Gasteiger partial charge on any atom is -0.299 e. The monoisotopic (exact) mass is 164 g/mol. The quantitative estimate of drug-likeness (QED) is 0.594. The molecule has 0 N–H and O–H groups in total. The van der Waals surface area contributed by atoms with Gasteiger partial charge in [0.05, 0.1) is 5.92 Å². The van der Waals surface area contributed by atoms with E-state index in [9.17, 15) is 9.59 Å². The van der Waals surface area contributed by atoms with Crippen molar-refractivity contribution in [2.45, 2.75) is 20.3 Å². The van der Waals surface area contributed by atoms with E-state index in [2.05, 4.69) is 0 Å². The Morgan fingerprint density at radius 2 is 1.92 bits per heavy atom. The van der Waals surface area contributed by atoms with E-state index >= 15 is 0 Å². The Hall–Kier alpha value is -1.18. The molecule has 0 aromatic carbocycles. The Balaban J connectivity index is 2.80. The summed E-state index contributed by atoms with van der Waals surface area (Å²) in [6.45, 7) is 2.93. The zero-order valence-corrected chi connectivity index (χ0v) is 7.33. The van der Waals surface area contributed by atoms with E-state index < -0.39 is 5.92 Å². The Bertz CT molecular complexity index is 258. The SMILES string of the molecule is CC(=O)C(C(C)=O)C1=CC=CC1. The number of Topliss-reactive ketones (excluding diaryl/α,β-unsaturated/α-hetero) is 2. The van der Waals surface area contributed by atoms with Crippen LogP contribution in [-0.4, -0.2) is 11.6 Å². The molecule has 0 atom stereocenters. The van der Waals surface area contributed by atoms with Crippen molar-refractivity contribution in [3.63, 3.8) is 0 Å². The van der Waals surface area contributed by atoms with E-state index in [1.165, 1.54) is 13.8 Å². The summed E-state index contributed by atoms with van der Waals surface area (Å²) < 4.78 is 0. The molecule has 0 saturated heterocycles. The van der Waals surface area contributed by atoms with Crippen molar-refractivity contribution in [1.82, 2.24) is 0 Å². The topological polar surface area (TPSA) is 34.1 Å². The van der Waals surface area contributed by atoms with Gasteiger partial charge in [0, 0.05) is 0 Å². The van der Waals surface area contributed by atoms with Crippen molar-refractivity contribution in [2.24, 2.45) is 5.92 Å². The highest BCUT2D eigenvalue weighted by Gasteiger charge is 2.23. The lowest BCUT2D eigenvalue weighted by Crippen LogP contribution is -2.21. The van der Waals surface area contributed by atoms with E-state index in [0.717, 1.165) is 12.0 Å². The van der Waals surface area contributed by atoms with Gasteiger partial charge < -0.3 is 0 Å². The van der Waals surface area contributed by atoms with Gasteiger partial charge in [0.2, 0.25) is 0 Å². The first kappa shape index (κ1) is 8.91. The molecule has 0 fully saturated rings. The van der Waals surface area contributed by atoms with Crippen LogP contribution < -0.4 is 0 Å². The second kappa shape index (κ2) is 3.48. The molecule has 0 aromatic heterocycles. The van der Waals surface area contributed by atoms with Gasteiger partial charge in [-0.1, -0.05) is 18.2 Å². The number of hydrogen-bond acceptors (Lipinski definition) is 2. The van der Waals surface area contributed by atoms with Crippen LogP contribution in [0.15, 0.2) is 23.8 Å². The predicted octanol–water partition coefficient (Wildman–Crippen LogP) is 1.67. The van der Waals surface area contributed by atoms with E-state index in [4.69, 9.17) is 0 Å². The van der Waals surface area contributed by atoms with Crippen molar-refractivity contribution in [1.29, 1.82) is 0 Å². The van der Waals surface area contributed by atoms with Crippen LogP contribution in [0.4, 0.5) is 0 Å². The highest BCUT2D eigenvalue weighted by atomic mass is 16.1. The standard InChI is InChI=1S/C10H12O2/c1-7(11)10(8(2)12)9-5-3-4-6-9/h3-5,10H,6H2,1-2H3. The number of hydrogen-bond donors (Lipinski definition) is 0. The molecule has 0 radical (unpaired) electrons. The van der Waals surface area contributed by atoms with Gasteiger partial charge in [0.15, 0.2) is 0 Å². The van der Waals surface area contributed by atoms with Gasteiger partial charge in [-0.25, -0.2) is 0 Å². The lowest BCUT2D eigenvalue weighted by molar-refractivity contribution is -0.128. The average molecular weight is 164 g/mol. The molecular formula is C10H12O2. The van der Waals surface area contributed by atoms with Crippen LogP contribution >= 0.6 is 0 Å². The van der Waals surface area contributed by atoms with Gasteiger partial charge in [-0.2, -0.15) is 0 Å². The van der Waals surface area contributed by atoms with E-state index in [-0.39, 0.29) is 11.6 Å². The molecule has 64 valence electrons. The highest BCUT2D eigenvalue weighted by molar-refractivity contribution is 6.03. The molecule has 1 rings (SSSR count). The van der Waals surface area contributed by atoms with Gasteiger partial charge in [-0.05, 0) is 25.8 Å². The minimum atomic E-state index is -0.500. The maximum absolute atomic E-state index is 11.1. The average Bonchev–Trinajstić information content (AvgIpc) is 2.37. The largest absolute Gasteiger partial charge is 0.299 e. The summed E-state index contributed by atoms with van der Waals surface area (Å²) in [5.41, 5.74) is 0.926. The third-order valence-corrected chi connectivity index (χ3v) is 1.98. The molecule has 0 amide bonds. The Morgan fingerprint density at radius 3 is 2.25 bits per heavy atom. The Labute approximate surface area is 72.0 Å². The summed E-state index contributed by atoms with van der Waals surface area (Å²) >= 11 is 0. The summed E-state index contributed by atoms with van der Waals surface area (Å²) in [5, 5.41) is 0. The van der Waals surface area contributed by atoms with Gasteiger partial charge in [0.1, 0.15) is 11.6 Å². The van der Waals surface area contributed by atoms with Crippen LogP contribution in [0.5, 0.6) is 0 Å². The van der Waals surface area contributed by atoms with Crippen molar-refractivity contribution >= 4 is 11.6 Å². The fourth-order valence-electron chi connectivity index (χ4n) is 1.49. The zero-order valence-electron chi connectivity index (χ0n) is 7.33. The maximum atomic E-state index is 11.1. The maximum Gasteiger partial charge on any atom is 0.144 e. The second-order valence-corrected chi connectivity index (χ2v) is 3.03. The number of carbonyl (C=O) groups is 2. The van der Waals surface area contributed by atoms with Crippen LogP contribution in [0, 0.1) is 5.92 Å². The zero-order chi connectivity index (χ0) is 9.14. The molecule has 0 saturated carbocycles. The first-order valence-corrected chi connectivity index (χ1v) is 3.99. The van der Waals surface area contributed by atoms with Crippen molar-refractivity contribution in [2.75, 3.05) is 0 Å². The van der Waals surface area contributed by atoms with Crippen LogP contribution in [0.2, 0.25) is 0 Å². The molecule has 0 aromatic rings. The number of ketones is 2. The molecule has 12 heavy (non-hydrogen) atoms. The first-order chi connectivity index (χ1) is 5.63.